The third kappa shape index (κ3) is 4.57. The fourth-order valence-electron chi connectivity index (χ4n) is 1.45. The normalized spacial score (nSPS) is 11.4. The van der Waals surface area contributed by atoms with E-state index >= 15 is 0 Å². The first-order valence-electron chi connectivity index (χ1n) is 5.28. The molecule has 0 saturated heterocycles. The minimum Gasteiger partial charge on any atom is -0.478 e. The number of carbonyl (C=O) groups excluding carboxylic acids is 1. The molecule has 0 aliphatic heterocycles. The van der Waals surface area contributed by atoms with E-state index in [0.29, 0.717) is 5.56 Å². The van der Waals surface area contributed by atoms with Gasteiger partial charge in [-0.1, -0.05) is 0 Å². The molecule has 1 rings (SSSR count). The van der Waals surface area contributed by atoms with Crippen LogP contribution >= 0.6 is 0 Å². The van der Waals surface area contributed by atoms with E-state index in [1.807, 2.05) is 0 Å². The van der Waals surface area contributed by atoms with Crippen molar-refractivity contribution in [1.29, 1.82) is 0 Å². The number of alkyl halides is 2. The Morgan fingerprint density at radius 1 is 1.25 bits per heavy atom. The quantitative estimate of drug-likeness (QED) is 0.846. The van der Waals surface area contributed by atoms with Crippen LogP contribution in [0.25, 0.3) is 0 Å². The monoisotopic (exact) mass is 307 g/mol. The van der Waals surface area contributed by atoms with Crippen LogP contribution in [0.1, 0.15) is 26.3 Å². The summed E-state index contributed by atoms with van der Waals surface area (Å²) in [6, 6.07) is 3.50. The van der Waals surface area contributed by atoms with Crippen molar-refractivity contribution in [2.45, 2.75) is 13.3 Å². The van der Waals surface area contributed by atoms with Crippen molar-refractivity contribution in [3.05, 3.63) is 34.9 Å². The average molecular weight is 307 g/mol. The van der Waals surface area contributed by atoms with Crippen molar-refractivity contribution in [3.63, 3.8) is 0 Å². The molecule has 0 saturated carbocycles. The Morgan fingerprint density at radius 3 is 2.30 bits per heavy atom. The minimum absolute atomic E-state index is 0.207. The standard InChI is InChI=1S/C11H11F2NO5S/c1-6-2-7(4-8(3-6)11(16)17)10(15)14-20(18,19)5-9(12)13/h2-4,9H,5H2,1H3,(H,14,15)(H,16,17). The molecule has 0 atom stereocenters. The molecule has 6 nitrogen and oxygen atoms in total. The molecule has 0 radical (unpaired) electrons. The maximum atomic E-state index is 12.0. The summed E-state index contributed by atoms with van der Waals surface area (Å²) >= 11 is 0. The zero-order valence-corrected chi connectivity index (χ0v) is 11.1. The average Bonchev–Trinajstić information content (AvgIpc) is 2.25. The molecule has 0 spiro atoms. The molecule has 0 heterocycles. The zero-order valence-electron chi connectivity index (χ0n) is 10.3. The summed E-state index contributed by atoms with van der Waals surface area (Å²) < 4.78 is 47.9. The van der Waals surface area contributed by atoms with Gasteiger partial charge in [-0.25, -0.2) is 26.7 Å². The second-order valence-corrected chi connectivity index (χ2v) is 5.76. The molecule has 110 valence electrons. The number of benzene rings is 1. The van der Waals surface area contributed by atoms with E-state index in [2.05, 4.69) is 0 Å². The number of hydrogen-bond donors (Lipinski definition) is 2. The van der Waals surface area contributed by atoms with Gasteiger partial charge in [-0.05, 0) is 30.7 Å². The number of sulfonamides is 1. The predicted octanol–water partition coefficient (Wildman–Crippen LogP) is 1.02. The van der Waals surface area contributed by atoms with E-state index in [1.165, 1.54) is 23.8 Å². The molecule has 2 N–H and O–H groups in total. The molecule has 0 aliphatic rings. The van der Waals surface area contributed by atoms with Gasteiger partial charge in [-0.15, -0.1) is 0 Å². The van der Waals surface area contributed by atoms with Gasteiger partial charge in [0.2, 0.25) is 10.0 Å². The highest BCUT2D eigenvalue weighted by Crippen LogP contribution is 2.10. The lowest BCUT2D eigenvalue weighted by Gasteiger charge is -2.08. The van der Waals surface area contributed by atoms with Crippen LogP contribution in [-0.2, 0) is 10.0 Å². The highest BCUT2D eigenvalue weighted by atomic mass is 32.2. The number of hydrogen-bond acceptors (Lipinski definition) is 4. The second-order valence-electron chi connectivity index (χ2n) is 4.00. The summed E-state index contributed by atoms with van der Waals surface area (Å²) in [6.07, 6.45) is -3.12. The Bertz CT molecular complexity index is 642. The predicted molar refractivity (Wildman–Crippen MR) is 65.4 cm³/mol. The summed E-state index contributed by atoms with van der Waals surface area (Å²) in [4.78, 5) is 22.5. The number of halogens is 2. The Hall–Kier alpha value is -2.03. The Labute approximate surface area is 113 Å². The van der Waals surface area contributed by atoms with Gasteiger partial charge < -0.3 is 5.11 Å². The molecular weight excluding hydrogens is 296 g/mol. The van der Waals surface area contributed by atoms with Gasteiger partial charge in [0.15, 0.2) is 0 Å². The number of carboxylic acid groups (broad SMARTS) is 1. The lowest BCUT2D eigenvalue weighted by Crippen LogP contribution is -2.34. The molecule has 1 aromatic carbocycles. The summed E-state index contributed by atoms with van der Waals surface area (Å²) in [5, 5.41) is 8.82. The summed E-state index contributed by atoms with van der Waals surface area (Å²) in [7, 11) is -4.47. The van der Waals surface area contributed by atoms with Crippen LogP contribution in [0.2, 0.25) is 0 Å². The van der Waals surface area contributed by atoms with Gasteiger partial charge in [0.1, 0.15) is 5.75 Å². The van der Waals surface area contributed by atoms with Crippen LogP contribution < -0.4 is 4.72 Å². The maximum absolute atomic E-state index is 12.0. The van der Waals surface area contributed by atoms with Gasteiger partial charge in [-0.2, -0.15) is 0 Å². The summed E-state index contributed by atoms with van der Waals surface area (Å²) in [5.74, 6) is -3.95. The fourth-order valence-corrected chi connectivity index (χ4v) is 2.26. The number of aryl methyl sites for hydroxylation is 1. The third-order valence-electron chi connectivity index (χ3n) is 2.18. The van der Waals surface area contributed by atoms with Crippen LogP contribution in [0, 0.1) is 6.92 Å². The van der Waals surface area contributed by atoms with Crippen molar-refractivity contribution in [2.24, 2.45) is 0 Å². The first-order valence-corrected chi connectivity index (χ1v) is 6.94. The third-order valence-corrected chi connectivity index (χ3v) is 3.37. The minimum atomic E-state index is -4.47. The Balaban J connectivity index is 3.01. The van der Waals surface area contributed by atoms with Crippen molar-refractivity contribution in [3.8, 4) is 0 Å². The molecule has 1 aromatic rings. The molecule has 0 bridgehead atoms. The molecule has 0 fully saturated rings. The topological polar surface area (TPSA) is 101 Å². The van der Waals surface area contributed by atoms with Crippen LogP contribution in [-0.4, -0.2) is 37.6 Å². The van der Waals surface area contributed by atoms with E-state index in [0.717, 1.165) is 6.07 Å². The summed E-state index contributed by atoms with van der Waals surface area (Å²) in [5.41, 5.74) is -0.0250. The highest BCUT2D eigenvalue weighted by molar-refractivity contribution is 7.90. The van der Waals surface area contributed by atoms with E-state index in [4.69, 9.17) is 5.11 Å². The van der Waals surface area contributed by atoms with Crippen molar-refractivity contribution in [2.75, 3.05) is 5.75 Å². The van der Waals surface area contributed by atoms with Gasteiger partial charge in [-0.3, -0.25) is 4.79 Å². The van der Waals surface area contributed by atoms with E-state index in [9.17, 15) is 26.8 Å². The van der Waals surface area contributed by atoms with E-state index in [-0.39, 0.29) is 11.1 Å². The Kier molecular flexibility index (Phi) is 4.77. The number of amides is 1. The number of carboxylic acids is 1. The number of aromatic carboxylic acids is 1. The lowest BCUT2D eigenvalue weighted by atomic mass is 10.1. The zero-order chi connectivity index (χ0) is 15.5. The van der Waals surface area contributed by atoms with Crippen LogP contribution in [0.15, 0.2) is 18.2 Å². The van der Waals surface area contributed by atoms with Gasteiger partial charge in [0, 0.05) is 5.56 Å². The maximum Gasteiger partial charge on any atom is 0.335 e. The molecule has 0 aromatic heterocycles. The van der Waals surface area contributed by atoms with Gasteiger partial charge in [0.25, 0.3) is 12.3 Å². The molecule has 0 aliphatic carbocycles. The number of nitrogens with one attached hydrogen (secondary N) is 1. The van der Waals surface area contributed by atoms with Crippen LogP contribution in [0.5, 0.6) is 0 Å². The molecule has 20 heavy (non-hydrogen) atoms. The molecule has 1 amide bonds. The van der Waals surface area contributed by atoms with Gasteiger partial charge >= 0.3 is 5.97 Å². The highest BCUT2D eigenvalue weighted by Gasteiger charge is 2.21. The van der Waals surface area contributed by atoms with Crippen molar-refractivity contribution >= 4 is 21.9 Å². The second kappa shape index (κ2) is 5.95. The van der Waals surface area contributed by atoms with Gasteiger partial charge in [0.05, 0.1) is 5.56 Å². The Morgan fingerprint density at radius 2 is 1.80 bits per heavy atom. The number of carbonyl (C=O) groups is 2. The van der Waals surface area contributed by atoms with E-state index in [1.54, 1.807) is 0 Å². The first-order chi connectivity index (χ1) is 9.10. The molecule has 0 unspecified atom stereocenters. The lowest BCUT2D eigenvalue weighted by molar-refractivity contribution is 0.0696. The summed E-state index contributed by atoms with van der Waals surface area (Å²) in [6.45, 7) is 1.51. The molecular formula is C11H11F2NO5S. The van der Waals surface area contributed by atoms with Crippen LogP contribution in [0.4, 0.5) is 8.78 Å². The molecule has 9 heteroatoms. The van der Waals surface area contributed by atoms with Crippen molar-refractivity contribution < 1.29 is 31.9 Å². The SMILES string of the molecule is Cc1cc(C(=O)O)cc(C(=O)NS(=O)(=O)CC(F)F)c1. The smallest absolute Gasteiger partial charge is 0.335 e. The largest absolute Gasteiger partial charge is 0.478 e. The fraction of sp³-hybridized carbons (Fsp3) is 0.273. The van der Waals surface area contributed by atoms with E-state index < -0.39 is 34.1 Å². The van der Waals surface area contributed by atoms with Crippen molar-refractivity contribution in [1.82, 2.24) is 4.72 Å². The number of rotatable bonds is 5. The van der Waals surface area contributed by atoms with Crippen LogP contribution in [0.3, 0.4) is 0 Å². The first kappa shape index (κ1) is 16.0.